The smallest absolute Gasteiger partial charge is 0.410 e. The molecular formula is C14H18N2O3. The van der Waals surface area contributed by atoms with Crippen LogP contribution in [0, 0.1) is 0 Å². The molecule has 1 saturated heterocycles. The fraction of sp³-hybridized carbons (Fsp3) is 0.429. The monoisotopic (exact) mass is 262 g/mol. The second kappa shape index (κ2) is 6.22. The van der Waals surface area contributed by atoms with Crippen molar-refractivity contribution in [1.82, 2.24) is 9.80 Å². The third-order valence-electron chi connectivity index (χ3n) is 3.09. The van der Waals surface area contributed by atoms with E-state index < -0.39 is 6.09 Å². The third-order valence-corrected chi connectivity index (χ3v) is 3.09. The first-order chi connectivity index (χ1) is 9.16. The van der Waals surface area contributed by atoms with E-state index in [0.29, 0.717) is 5.75 Å². The first-order valence-corrected chi connectivity index (χ1v) is 6.42. The molecule has 19 heavy (non-hydrogen) atoms. The number of carbonyl (C=O) groups is 2. The molecule has 1 heterocycles. The Hall–Kier alpha value is -2.04. The fourth-order valence-corrected chi connectivity index (χ4v) is 2.00. The van der Waals surface area contributed by atoms with Crippen LogP contribution in [0.4, 0.5) is 4.79 Å². The van der Waals surface area contributed by atoms with Crippen LogP contribution in [0.25, 0.3) is 0 Å². The molecule has 0 aliphatic carbocycles. The molecule has 0 saturated carbocycles. The molecule has 0 radical (unpaired) electrons. The number of rotatable bonds is 3. The molecule has 1 aliphatic rings. The van der Waals surface area contributed by atoms with Crippen molar-refractivity contribution in [2.45, 2.75) is 12.8 Å². The number of ether oxygens (including phenoxy) is 1. The van der Waals surface area contributed by atoms with Crippen LogP contribution in [-0.4, -0.2) is 48.5 Å². The Balaban J connectivity index is 1.83. The lowest BCUT2D eigenvalue weighted by atomic mass is 10.3. The standard InChI is InChI=1S/C14H18N2O3/c1-15(11-13(17)16-9-5-6-10-16)14(18)19-12-7-3-2-4-8-12/h2-4,7-8H,5-6,9-11H2,1H3. The van der Waals surface area contributed by atoms with E-state index in [4.69, 9.17) is 4.74 Å². The highest BCUT2D eigenvalue weighted by Crippen LogP contribution is 2.11. The largest absolute Gasteiger partial charge is 0.415 e. The average molecular weight is 262 g/mol. The highest BCUT2D eigenvalue weighted by Gasteiger charge is 2.21. The highest BCUT2D eigenvalue weighted by molar-refractivity contribution is 5.82. The lowest BCUT2D eigenvalue weighted by Crippen LogP contribution is -2.40. The van der Waals surface area contributed by atoms with Crippen molar-refractivity contribution in [3.63, 3.8) is 0 Å². The summed E-state index contributed by atoms with van der Waals surface area (Å²) in [6, 6.07) is 8.83. The zero-order chi connectivity index (χ0) is 13.7. The summed E-state index contributed by atoms with van der Waals surface area (Å²) in [5, 5.41) is 0. The maximum atomic E-state index is 11.9. The topological polar surface area (TPSA) is 49.9 Å². The molecule has 0 aromatic heterocycles. The lowest BCUT2D eigenvalue weighted by molar-refractivity contribution is -0.130. The van der Waals surface area contributed by atoms with E-state index in [1.54, 1.807) is 36.2 Å². The maximum absolute atomic E-state index is 11.9. The average Bonchev–Trinajstić information content (AvgIpc) is 2.93. The highest BCUT2D eigenvalue weighted by atomic mass is 16.6. The minimum Gasteiger partial charge on any atom is -0.410 e. The van der Waals surface area contributed by atoms with Gasteiger partial charge in [-0.25, -0.2) is 4.79 Å². The van der Waals surface area contributed by atoms with Gasteiger partial charge < -0.3 is 14.5 Å². The number of likely N-dealkylation sites (tertiary alicyclic amines) is 1. The Bertz CT molecular complexity index is 441. The van der Waals surface area contributed by atoms with E-state index in [9.17, 15) is 9.59 Å². The molecule has 2 amide bonds. The van der Waals surface area contributed by atoms with Gasteiger partial charge in [0.05, 0.1) is 0 Å². The summed E-state index contributed by atoms with van der Waals surface area (Å²) in [6.07, 6.45) is 1.58. The van der Waals surface area contributed by atoms with Gasteiger partial charge >= 0.3 is 6.09 Å². The summed E-state index contributed by atoms with van der Waals surface area (Å²) in [5.41, 5.74) is 0. The Kier molecular flexibility index (Phi) is 4.39. The summed E-state index contributed by atoms with van der Waals surface area (Å²) in [6.45, 7) is 1.65. The van der Waals surface area contributed by atoms with Gasteiger partial charge in [-0.1, -0.05) is 18.2 Å². The van der Waals surface area contributed by atoms with E-state index in [0.717, 1.165) is 25.9 Å². The molecular weight excluding hydrogens is 244 g/mol. The molecule has 5 nitrogen and oxygen atoms in total. The fourth-order valence-electron chi connectivity index (χ4n) is 2.00. The molecule has 0 unspecified atom stereocenters. The lowest BCUT2D eigenvalue weighted by Gasteiger charge is -2.20. The summed E-state index contributed by atoms with van der Waals surface area (Å²) in [7, 11) is 1.57. The second-order valence-corrected chi connectivity index (χ2v) is 4.62. The quantitative estimate of drug-likeness (QED) is 0.833. The van der Waals surface area contributed by atoms with Gasteiger partial charge in [-0.15, -0.1) is 0 Å². The molecule has 0 bridgehead atoms. The van der Waals surface area contributed by atoms with Gasteiger partial charge in [0.1, 0.15) is 12.3 Å². The molecule has 1 fully saturated rings. The number of hydrogen-bond acceptors (Lipinski definition) is 3. The number of likely N-dealkylation sites (N-methyl/N-ethyl adjacent to an activating group) is 1. The van der Waals surface area contributed by atoms with Gasteiger partial charge in [0.15, 0.2) is 0 Å². The number of hydrogen-bond donors (Lipinski definition) is 0. The van der Waals surface area contributed by atoms with Crippen LogP contribution in [0.2, 0.25) is 0 Å². The van der Waals surface area contributed by atoms with Gasteiger partial charge in [-0.3, -0.25) is 4.79 Å². The molecule has 2 rings (SSSR count). The third kappa shape index (κ3) is 3.71. The van der Waals surface area contributed by atoms with Gasteiger partial charge in [-0.05, 0) is 25.0 Å². The first kappa shape index (κ1) is 13.4. The SMILES string of the molecule is CN(CC(=O)N1CCCC1)C(=O)Oc1ccccc1. The van der Waals surface area contributed by atoms with Crippen molar-refractivity contribution in [2.24, 2.45) is 0 Å². The van der Waals surface area contributed by atoms with E-state index in [2.05, 4.69) is 0 Å². The predicted octanol–water partition coefficient (Wildman–Crippen LogP) is 1.74. The summed E-state index contributed by atoms with van der Waals surface area (Å²) < 4.78 is 5.16. The minimum atomic E-state index is -0.515. The molecule has 0 spiro atoms. The van der Waals surface area contributed by atoms with E-state index in [1.165, 1.54) is 4.90 Å². The Morgan fingerprint density at radius 1 is 1.21 bits per heavy atom. The van der Waals surface area contributed by atoms with Crippen molar-refractivity contribution in [3.8, 4) is 5.75 Å². The summed E-state index contributed by atoms with van der Waals surface area (Å²) >= 11 is 0. The van der Waals surface area contributed by atoms with Crippen LogP contribution in [0.3, 0.4) is 0 Å². The number of amides is 2. The van der Waals surface area contributed by atoms with Crippen LogP contribution >= 0.6 is 0 Å². The Morgan fingerprint density at radius 3 is 2.47 bits per heavy atom. The summed E-state index contributed by atoms with van der Waals surface area (Å²) in [4.78, 5) is 26.8. The number of para-hydroxylation sites is 1. The van der Waals surface area contributed by atoms with Crippen molar-refractivity contribution in [3.05, 3.63) is 30.3 Å². The number of nitrogens with zero attached hydrogens (tertiary/aromatic N) is 2. The van der Waals surface area contributed by atoms with Crippen LogP contribution < -0.4 is 4.74 Å². The van der Waals surface area contributed by atoms with Gasteiger partial charge in [0.25, 0.3) is 0 Å². The van der Waals surface area contributed by atoms with E-state index >= 15 is 0 Å². The van der Waals surface area contributed by atoms with Gasteiger partial charge in [0, 0.05) is 20.1 Å². The molecule has 0 N–H and O–H groups in total. The van der Waals surface area contributed by atoms with Crippen molar-refractivity contribution >= 4 is 12.0 Å². The molecule has 102 valence electrons. The number of benzene rings is 1. The van der Waals surface area contributed by atoms with Crippen LogP contribution in [-0.2, 0) is 4.79 Å². The maximum Gasteiger partial charge on any atom is 0.415 e. The van der Waals surface area contributed by atoms with Crippen molar-refractivity contribution in [2.75, 3.05) is 26.7 Å². The number of carbonyl (C=O) groups excluding carboxylic acids is 2. The molecule has 0 atom stereocenters. The van der Waals surface area contributed by atoms with Crippen LogP contribution in [0.15, 0.2) is 30.3 Å². The molecule has 5 heteroatoms. The molecule has 1 aliphatic heterocycles. The molecule has 1 aromatic carbocycles. The van der Waals surface area contributed by atoms with E-state index in [-0.39, 0.29) is 12.5 Å². The van der Waals surface area contributed by atoms with Crippen LogP contribution in [0.5, 0.6) is 5.75 Å². The van der Waals surface area contributed by atoms with Gasteiger partial charge in [-0.2, -0.15) is 0 Å². The predicted molar refractivity (Wildman–Crippen MR) is 70.9 cm³/mol. The molecule has 1 aromatic rings. The summed E-state index contributed by atoms with van der Waals surface area (Å²) in [5.74, 6) is 0.456. The van der Waals surface area contributed by atoms with Crippen molar-refractivity contribution in [1.29, 1.82) is 0 Å². The van der Waals surface area contributed by atoms with E-state index in [1.807, 2.05) is 6.07 Å². The first-order valence-electron chi connectivity index (χ1n) is 6.42. The van der Waals surface area contributed by atoms with Crippen LogP contribution in [0.1, 0.15) is 12.8 Å². The Labute approximate surface area is 112 Å². The second-order valence-electron chi connectivity index (χ2n) is 4.62. The zero-order valence-electron chi connectivity index (χ0n) is 11.0. The van der Waals surface area contributed by atoms with Crippen molar-refractivity contribution < 1.29 is 14.3 Å². The zero-order valence-corrected chi connectivity index (χ0v) is 11.0. The minimum absolute atomic E-state index is 0.0231. The Morgan fingerprint density at radius 2 is 1.84 bits per heavy atom. The van der Waals surface area contributed by atoms with Gasteiger partial charge in [0.2, 0.25) is 5.91 Å². The normalized spacial score (nSPS) is 14.3.